The van der Waals surface area contributed by atoms with E-state index in [1.807, 2.05) is 0 Å². The maximum atomic E-state index is 13.1. The Bertz CT molecular complexity index is 1280. The van der Waals surface area contributed by atoms with Gasteiger partial charge in [0.25, 0.3) is 0 Å². The Morgan fingerprint density at radius 1 is 1.31 bits per heavy atom. The number of phenolic OH excluding ortho intramolecular Hbond substituents is 1. The SMILES string of the molecule is C=CCOC(=O)C1=C(C)NC(SCC(=O)Nc2ccc(F)cc2)=C(C#N)[C@H]1c1ccc(O)c(OC)c1. The summed E-state index contributed by atoms with van der Waals surface area (Å²) >= 11 is 1.08. The zero-order chi connectivity index (χ0) is 26.2. The van der Waals surface area contributed by atoms with E-state index in [2.05, 4.69) is 23.3 Å². The lowest BCUT2D eigenvalue weighted by molar-refractivity contribution is -0.138. The van der Waals surface area contributed by atoms with Gasteiger partial charge in [-0.25, -0.2) is 9.18 Å². The number of methoxy groups -OCH3 is 1. The summed E-state index contributed by atoms with van der Waals surface area (Å²) in [4.78, 5) is 25.4. The van der Waals surface area contributed by atoms with Gasteiger partial charge in [0.2, 0.25) is 5.91 Å². The molecule has 0 aromatic heterocycles. The molecule has 1 heterocycles. The third kappa shape index (κ3) is 6.06. The van der Waals surface area contributed by atoms with Gasteiger partial charge in [-0.05, 0) is 48.9 Å². The summed E-state index contributed by atoms with van der Waals surface area (Å²) in [5, 5.41) is 26.2. The topological polar surface area (TPSA) is 121 Å². The van der Waals surface area contributed by atoms with E-state index in [0.29, 0.717) is 22.0 Å². The standard InChI is InChI=1S/C26H24FN3O5S/c1-4-11-35-26(33)23-15(2)29-25(36-14-22(32)30-18-8-6-17(27)7-9-18)19(13-28)24(23)16-5-10-20(31)21(12-16)34-3/h4-10,12,24,29,31H,1,11,14H2,2-3H3,(H,30,32)/t24-/m1/s1. The van der Waals surface area contributed by atoms with Gasteiger partial charge in [-0.15, -0.1) is 0 Å². The number of carbonyl (C=O) groups excluding carboxylic acids is 2. The Kier molecular flexibility index (Phi) is 8.76. The van der Waals surface area contributed by atoms with Crippen LogP contribution < -0.4 is 15.4 Å². The van der Waals surface area contributed by atoms with E-state index in [4.69, 9.17) is 9.47 Å². The zero-order valence-corrected chi connectivity index (χ0v) is 20.4. The number of ether oxygens (including phenoxy) is 2. The van der Waals surface area contributed by atoms with Crippen LogP contribution in [0.15, 0.2) is 77.0 Å². The van der Waals surface area contributed by atoms with E-state index in [-0.39, 0.29) is 40.9 Å². The van der Waals surface area contributed by atoms with Crippen molar-refractivity contribution >= 4 is 29.3 Å². The van der Waals surface area contributed by atoms with Crippen LogP contribution in [0.3, 0.4) is 0 Å². The Morgan fingerprint density at radius 3 is 2.67 bits per heavy atom. The molecule has 1 aliphatic rings. The number of carbonyl (C=O) groups is 2. The smallest absolute Gasteiger partial charge is 0.337 e. The number of anilines is 1. The molecule has 3 rings (SSSR count). The Balaban J connectivity index is 1.94. The van der Waals surface area contributed by atoms with Crippen LogP contribution in [-0.4, -0.2) is 36.5 Å². The van der Waals surface area contributed by atoms with Crippen molar-refractivity contribution in [2.45, 2.75) is 12.8 Å². The number of aromatic hydroxyl groups is 1. The summed E-state index contributed by atoms with van der Waals surface area (Å²) in [5.74, 6) is -2.24. The number of nitriles is 1. The second kappa shape index (κ2) is 12.0. The van der Waals surface area contributed by atoms with Crippen LogP contribution in [0.25, 0.3) is 0 Å². The highest BCUT2D eigenvalue weighted by Crippen LogP contribution is 2.43. The fourth-order valence-corrected chi connectivity index (χ4v) is 4.48. The Morgan fingerprint density at radius 2 is 2.03 bits per heavy atom. The number of rotatable bonds is 9. The second-order valence-corrected chi connectivity index (χ2v) is 8.60. The predicted molar refractivity (Wildman–Crippen MR) is 135 cm³/mol. The Labute approximate surface area is 212 Å². The number of nitrogens with one attached hydrogen (secondary N) is 2. The van der Waals surface area contributed by atoms with Crippen molar-refractivity contribution in [2.24, 2.45) is 0 Å². The molecule has 0 unspecified atom stereocenters. The normalized spacial score (nSPS) is 15.0. The van der Waals surface area contributed by atoms with Gasteiger partial charge in [0, 0.05) is 11.4 Å². The monoisotopic (exact) mass is 509 g/mol. The molecule has 36 heavy (non-hydrogen) atoms. The summed E-state index contributed by atoms with van der Waals surface area (Å²) in [6.07, 6.45) is 1.44. The van der Waals surface area contributed by atoms with Crippen molar-refractivity contribution in [1.29, 1.82) is 5.26 Å². The lowest BCUT2D eigenvalue weighted by atomic mass is 9.82. The first-order valence-electron chi connectivity index (χ1n) is 10.7. The van der Waals surface area contributed by atoms with Crippen LogP contribution in [-0.2, 0) is 14.3 Å². The number of phenols is 1. The van der Waals surface area contributed by atoms with Crippen molar-refractivity contribution < 1.29 is 28.6 Å². The minimum Gasteiger partial charge on any atom is -0.504 e. The minimum absolute atomic E-state index is 0.0159. The molecule has 0 saturated heterocycles. The van der Waals surface area contributed by atoms with Gasteiger partial charge in [0.05, 0.1) is 41.0 Å². The maximum absolute atomic E-state index is 13.1. The fourth-order valence-electron chi connectivity index (χ4n) is 3.58. The van der Waals surface area contributed by atoms with Gasteiger partial charge < -0.3 is 25.2 Å². The first-order chi connectivity index (χ1) is 17.3. The van der Waals surface area contributed by atoms with Crippen LogP contribution in [0.5, 0.6) is 11.5 Å². The molecule has 1 aliphatic heterocycles. The third-order valence-corrected chi connectivity index (χ3v) is 6.23. The number of amides is 1. The molecule has 3 N–H and O–H groups in total. The van der Waals surface area contributed by atoms with E-state index < -0.39 is 17.7 Å². The molecular formula is C26H24FN3O5S. The number of hydrogen-bond acceptors (Lipinski definition) is 8. The molecule has 186 valence electrons. The molecular weight excluding hydrogens is 485 g/mol. The van der Waals surface area contributed by atoms with E-state index >= 15 is 0 Å². The van der Waals surface area contributed by atoms with Crippen molar-refractivity contribution in [2.75, 3.05) is 24.8 Å². The molecule has 2 aromatic rings. The number of allylic oxidation sites excluding steroid dienone is 2. The molecule has 1 amide bonds. The van der Waals surface area contributed by atoms with Crippen LogP contribution >= 0.6 is 11.8 Å². The molecule has 1 atom stereocenters. The molecule has 8 nitrogen and oxygen atoms in total. The van der Waals surface area contributed by atoms with Crippen LogP contribution in [0.4, 0.5) is 10.1 Å². The van der Waals surface area contributed by atoms with Crippen molar-refractivity contribution in [3.8, 4) is 17.6 Å². The number of nitrogens with zero attached hydrogens (tertiary/aromatic N) is 1. The predicted octanol–water partition coefficient (Wildman–Crippen LogP) is 4.34. The second-order valence-electron chi connectivity index (χ2n) is 7.61. The van der Waals surface area contributed by atoms with Gasteiger partial charge in [0.15, 0.2) is 11.5 Å². The minimum atomic E-state index is -0.842. The number of dihydropyridines is 1. The number of halogens is 1. The molecule has 0 radical (unpaired) electrons. The summed E-state index contributed by atoms with van der Waals surface area (Å²) < 4.78 is 23.6. The average molecular weight is 510 g/mol. The highest BCUT2D eigenvalue weighted by Gasteiger charge is 2.36. The van der Waals surface area contributed by atoms with E-state index in [0.717, 1.165) is 11.8 Å². The maximum Gasteiger partial charge on any atom is 0.337 e. The quantitative estimate of drug-likeness (QED) is 0.337. The lowest BCUT2D eigenvalue weighted by Crippen LogP contribution is -2.29. The van der Waals surface area contributed by atoms with Crippen LogP contribution in [0, 0.1) is 17.1 Å². The van der Waals surface area contributed by atoms with Crippen LogP contribution in [0.2, 0.25) is 0 Å². The van der Waals surface area contributed by atoms with Gasteiger partial charge in [-0.1, -0.05) is 30.5 Å². The van der Waals surface area contributed by atoms with E-state index in [1.165, 1.54) is 43.5 Å². The number of esters is 1. The molecule has 0 fully saturated rings. The zero-order valence-electron chi connectivity index (χ0n) is 19.6. The van der Waals surface area contributed by atoms with Gasteiger partial charge in [0.1, 0.15) is 12.4 Å². The summed E-state index contributed by atoms with van der Waals surface area (Å²) in [7, 11) is 1.39. The largest absolute Gasteiger partial charge is 0.504 e. The number of benzene rings is 2. The van der Waals surface area contributed by atoms with Crippen molar-refractivity contribution in [1.82, 2.24) is 5.32 Å². The molecule has 10 heteroatoms. The molecule has 0 spiro atoms. The summed E-state index contributed by atoms with van der Waals surface area (Å²) in [6, 6.07) is 12.1. The van der Waals surface area contributed by atoms with Gasteiger partial charge in [-0.3, -0.25) is 4.79 Å². The highest BCUT2D eigenvalue weighted by molar-refractivity contribution is 8.03. The van der Waals surface area contributed by atoms with Gasteiger partial charge >= 0.3 is 5.97 Å². The molecule has 0 bridgehead atoms. The van der Waals surface area contributed by atoms with E-state index in [9.17, 15) is 24.3 Å². The van der Waals surface area contributed by atoms with Crippen LogP contribution in [0.1, 0.15) is 18.4 Å². The highest BCUT2D eigenvalue weighted by atomic mass is 32.2. The number of hydrogen-bond donors (Lipinski definition) is 3. The Hall–Kier alpha value is -4.23. The first-order valence-corrected chi connectivity index (χ1v) is 11.7. The number of thioether (sulfide) groups is 1. The lowest BCUT2D eigenvalue weighted by Gasteiger charge is -2.29. The molecule has 0 saturated carbocycles. The first kappa shape index (κ1) is 26.4. The van der Waals surface area contributed by atoms with Crippen molar-refractivity contribution in [3.63, 3.8) is 0 Å². The summed E-state index contributed by atoms with van der Waals surface area (Å²) in [5.41, 5.74) is 1.80. The fraction of sp³-hybridized carbons (Fsp3) is 0.192. The average Bonchev–Trinajstić information content (AvgIpc) is 2.87. The van der Waals surface area contributed by atoms with E-state index in [1.54, 1.807) is 19.1 Å². The molecule has 2 aromatic carbocycles. The van der Waals surface area contributed by atoms with Crippen molar-refractivity contribution in [3.05, 3.63) is 88.4 Å². The molecule has 0 aliphatic carbocycles. The van der Waals surface area contributed by atoms with Gasteiger partial charge in [-0.2, -0.15) is 5.26 Å². The third-order valence-electron chi connectivity index (χ3n) is 5.21. The summed E-state index contributed by atoms with van der Waals surface area (Å²) in [6.45, 7) is 5.20.